The summed E-state index contributed by atoms with van der Waals surface area (Å²) in [4.78, 5) is 24.4. The van der Waals surface area contributed by atoms with Crippen LogP contribution in [0, 0.1) is 34.5 Å². The molecular formula is C22H32O5. The van der Waals surface area contributed by atoms with E-state index in [1.54, 1.807) is 6.08 Å². The minimum absolute atomic E-state index is 0.0215. The van der Waals surface area contributed by atoms with Gasteiger partial charge in [0.05, 0.1) is 6.10 Å². The Balaban J connectivity index is 1.81. The molecule has 9 atom stereocenters. The summed E-state index contributed by atoms with van der Waals surface area (Å²) in [5.41, 5.74) is -1.60. The third-order valence-electron chi connectivity index (χ3n) is 9.17. The number of carbonyl (C=O) groups is 2. The molecular weight excluding hydrogens is 344 g/mol. The average molecular weight is 376 g/mol. The highest BCUT2D eigenvalue weighted by atomic mass is 16.3. The van der Waals surface area contributed by atoms with E-state index in [0.29, 0.717) is 24.8 Å². The summed E-state index contributed by atoms with van der Waals surface area (Å²) in [6, 6.07) is 0. The van der Waals surface area contributed by atoms with E-state index in [0.717, 1.165) is 12.8 Å². The molecule has 0 spiro atoms. The first-order valence-electron chi connectivity index (χ1n) is 10.3. The third kappa shape index (κ3) is 2.16. The van der Waals surface area contributed by atoms with Crippen LogP contribution in [-0.4, -0.2) is 44.7 Å². The summed E-state index contributed by atoms with van der Waals surface area (Å²) in [5.74, 6) is -0.404. The molecule has 0 aliphatic heterocycles. The van der Waals surface area contributed by atoms with Crippen LogP contribution in [0.25, 0.3) is 0 Å². The molecule has 3 saturated carbocycles. The van der Waals surface area contributed by atoms with E-state index in [1.165, 1.54) is 6.92 Å². The topological polar surface area (TPSA) is 94.8 Å². The molecule has 0 bridgehead atoms. The van der Waals surface area contributed by atoms with Crippen molar-refractivity contribution in [2.75, 3.05) is 0 Å². The van der Waals surface area contributed by atoms with Crippen molar-refractivity contribution < 1.29 is 24.9 Å². The highest BCUT2D eigenvalue weighted by Crippen LogP contribution is 2.68. The van der Waals surface area contributed by atoms with E-state index in [4.69, 9.17) is 0 Å². The van der Waals surface area contributed by atoms with Crippen molar-refractivity contribution in [2.45, 2.75) is 77.6 Å². The summed E-state index contributed by atoms with van der Waals surface area (Å²) >= 11 is 0. The Hall–Kier alpha value is -1.04. The van der Waals surface area contributed by atoms with E-state index >= 15 is 0 Å². The molecule has 0 amide bonds. The number of hydrogen-bond donors (Lipinski definition) is 3. The van der Waals surface area contributed by atoms with Crippen LogP contribution in [0.15, 0.2) is 11.6 Å². The van der Waals surface area contributed by atoms with Crippen LogP contribution >= 0.6 is 0 Å². The van der Waals surface area contributed by atoms with Crippen molar-refractivity contribution in [1.82, 2.24) is 0 Å². The fourth-order valence-electron chi connectivity index (χ4n) is 7.67. The lowest BCUT2D eigenvalue weighted by atomic mass is 9.45. The lowest BCUT2D eigenvalue weighted by molar-refractivity contribution is -0.183. The van der Waals surface area contributed by atoms with E-state index in [9.17, 15) is 24.9 Å². The Morgan fingerprint density at radius 2 is 1.85 bits per heavy atom. The number of aliphatic hydroxyl groups excluding tert-OH is 2. The zero-order chi connectivity index (χ0) is 19.9. The Morgan fingerprint density at radius 1 is 1.19 bits per heavy atom. The fourth-order valence-corrected chi connectivity index (χ4v) is 7.67. The highest BCUT2D eigenvalue weighted by molar-refractivity contribution is 5.92. The van der Waals surface area contributed by atoms with Gasteiger partial charge in [-0.2, -0.15) is 0 Å². The molecule has 4 aliphatic rings. The molecule has 5 nitrogen and oxygen atoms in total. The Morgan fingerprint density at radius 3 is 2.48 bits per heavy atom. The van der Waals surface area contributed by atoms with Gasteiger partial charge in [0, 0.05) is 11.8 Å². The first kappa shape index (κ1) is 19.3. The number of ketones is 2. The second kappa shape index (κ2) is 5.74. The molecule has 150 valence electrons. The Bertz CT molecular complexity index is 728. The molecule has 5 heteroatoms. The average Bonchev–Trinajstić information content (AvgIpc) is 2.82. The molecule has 0 saturated heterocycles. The lowest BCUT2D eigenvalue weighted by Crippen LogP contribution is -2.63. The van der Waals surface area contributed by atoms with E-state index in [-0.39, 0.29) is 40.7 Å². The van der Waals surface area contributed by atoms with E-state index < -0.39 is 23.2 Å². The van der Waals surface area contributed by atoms with Gasteiger partial charge in [0.2, 0.25) is 0 Å². The quantitative estimate of drug-likeness (QED) is 0.651. The molecule has 4 rings (SSSR count). The molecule has 0 unspecified atom stereocenters. The van der Waals surface area contributed by atoms with Crippen LogP contribution in [0.4, 0.5) is 0 Å². The number of rotatable bonds is 1. The molecule has 4 aliphatic carbocycles. The van der Waals surface area contributed by atoms with Gasteiger partial charge in [-0.1, -0.05) is 20.8 Å². The minimum atomic E-state index is -1.38. The summed E-state index contributed by atoms with van der Waals surface area (Å²) in [6.07, 6.45) is 2.89. The predicted molar refractivity (Wildman–Crippen MR) is 99.7 cm³/mol. The van der Waals surface area contributed by atoms with Crippen LogP contribution in [0.3, 0.4) is 0 Å². The van der Waals surface area contributed by atoms with E-state index in [2.05, 4.69) is 6.92 Å². The Kier molecular flexibility index (Phi) is 4.10. The molecule has 0 aromatic carbocycles. The maximum atomic E-state index is 12.5. The first-order valence-corrected chi connectivity index (χ1v) is 10.3. The molecule has 3 fully saturated rings. The Labute approximate surface area is 160 Å². The molecule has 0 heterocycles. The highest BCUT2D eigenvalue weighted by Gasteiger charge is 2.70. The van der Waals surface area contributed by atoms with Gasteiger partial charge in [0.15, 0.2) is 11.6 Å². The van der Waals surface area contributed by atoms with Crippen LogP contribution in [0.1, 0.15) is 59.8 Å². The van der Waals surface area contributed by atoms with Crippen LogP contribution < -0.4 is 0 Å². The van der Waals surface area contributed by atoms with Gasteiger partial charge in [-0.3, -0.25) is 9.59 Å². The third-order valence-corrected chi connectivity index (χ3v) is 9.17. The second-order valence-corrected chi connectivity index (χ2v) is 10.1. The maximum absolute atomic E-state index is 12.5. The minimum Gasteiger partial charge on any atom is -0.390 e. The largest absolute Gasteiger partial charge is 0.390 e. The summed E-state index contributed by atoms with van der Waals surface area (Å²) < 4.78 is 0. The number of fused-ring (bicyclic) bond motifs is 5. The normalized spacial score (nSPS) is 54.6. The van der Waals surface area contributed by atoms with Gasteiger partial charge in [-0.15, -0.1) is 0 Å². The van der Waals surface area contributed by atoms with Crippen molar-refractivity contribution in [3.05, 3.63) is 11.6 Å². The summed E-state index contributed by atoms with van der Waals surface area (Å²) in [5, 5.41) is 33.4. The number of aliphatic hydroxyl groups is 3. The van der Waals surface area contributed by atoms with Gasteiger partial charge in [-0.05, 0) is 73.3 Å². The van der Waals surface area contributed by atoms with Gasteiger partial charge in [0.25, 0.3) is 0 Å². The van der Waals surface area contributed by atoms with Gasteiger partial charge < -0.3 is 15.3 Å². The second-order valence-electron chi connectivity index (χ2n) is 10.1. The zero-order valence-corrected chi connectivity index (χ0v) is 16.7. The van der Waals surface area contributed by atoms with Crippen LogP contribution in [-0.2, 0) is 9.59 Å². The van der Waals surface area contributed by atoms with E-state index in [1.807, 2.05) is 13.8 Å². The standard InChI is InChI=1S/C22H32O5/c1-11-9-15-17-14(6-8-21(15,4)22(11,27)12(2)23)20(3)7-5-13(24)10-16(20)18(25)19(17)26/h10-11,14-15,17-19,25-27H,5-9H2,1-4H3/t11-,14+,15+,17-,18+,19-,20-,21+,22+/m1/s1. The van der Waals surface area contributed by atoms with Gasteiger partial charge in [-0.25, -0.2) is 0 Å². The van der Waals surface area contributed by atoms with Crippen molar-refractivity contribution in [1.29, 1.82) is 0 Å². The monoisotopic (exact) mass is 376 g/mol. The first-order chi connectivity index (χ1) is 12.5. The van der Waals surface area contributed by atoms with Crippen molar-refractivity contribution in [3.8, 4) is 0 Å². The number of Topliss-reactive ketones (excluding diaryl/α,β-unsaturated/α-hetero) is 1. The fraction of sp³-hybridized carbons (Fsp3) is 0.818. The van der Waals surface area contributed by atoms with Crippen molar-refractivity contribution in [2.24, 2.45) is 34.5 Å². The molecule has 27 heavy (non-hydrogen) atoms. The van der Waals surface area contributed by atoms with Crippen molar-refractivity contribution >= 4 is 11.6 Å². The summed E-state index contributed by atoms with van der Waals surface area (Å²) in [7, 11) is 0. The van der Waals surface area contributed by atoms with Crippen LogP contribution in [0.5, 0.6) is 0 Å². The maximum Gasteiger partial charge on any atom is 0.162 e. The molecule has 0 aromatic rings. The smallest absolute Gasteiger partial charge is 0.162 e. The molecule has 0 radical (unpaired) electrons. The number of carbonyl (C=O) groups excluding carboxylic acids is 2. The SMILES string of the molecule is CC(=O)[C@@]1(O)[C@H](C)C[C@H]2[C@@H]3[C@@H](O)[C@@H](O)C4=CC(=O)CC[C@]4(C)[C@H]3CC[C@@]21C. The lowest BCUT2D eigenvalue weighted by Gasteiger charge is -2.61. The van der Waals surface area contributed by atoms with Gasteiger partial charge in [0.1, 0.15) is 11.7 Å². The molecule has 3 N–H and O–H groups in total. The number of hydrogen-bond acceptors (Lipinski definition) is 5. The molecule has 0 aromatic heterocycles. The zero-order valence-electron chi connectivity index (χ0n) is 16.7. The van der Waals surface area contributed by atoms with Crippen molar-refractivity contribution in [3.63, 3.8) is 0 Å². The van der Waals surface area contributed by atoms with Gasteiger partial charge >= 0.3 is 0 Å². The van der Waals surface area contributed by atoms with Crippen LogP contribution in [0.2, 0.25) is 0 Å². The predicted octanol–water partition coefficient (Wildman–Crippen LogP) is 2.03. The summed E-state index contributed by atoms with van der Waals surface area (Å²) in [6.45, 7) is 7.52.